The zero-order valence-corrected chi connectivity index (χ0v) is 14.4. The van der Waals surface area contributed by atoms with E-state index in [2.05, 4.69) is 33.9 Å². The Balaban J connectivity index is 1.49. The van der Waals surface area contributed by atoms with Crippen LogP contribution >= 0.6 is 11.6 Å². The highest BCUT2D eigenvalue weighted by Crippen LogP contribution is 2.22. The van der Waals surface area contributed by atoms with E-state index in [9.17, 15) is 0 Å². The summed E-state index contributed by atoms with van der Waals surface area (Å²) in [6.45, 7) is 8.38. The summed E-state index contributed by atoms with van der Waals surface area (Å²) >= 11 is 6.29. The average molecular weight is 322 g/mol. The summed E-state index contributed by atoms with van der Waals surface area (Å²) in [7, 11) is 2.25. The monoisotopic (exact) mass is 321 g/mol. The van der Waals surface area contributed by atoms with Crippen LogP contribution in [-0.4, -0.2) is 67.1 Å². The largest absolute Gasteiger partial charge is 0.305 e. The number of hydrogen-bond donors (Lipinski definition) is 0. The lowest BCUT2D eigenvalue weighted by Gasteiger charge is -2.38. The fraction of sp³-hybridized carbons (Fsp3) is 0.667. The highest BCUT2D eigenvalue weighted by molar-refractivity contribution is 6.31. The smallest absolute Gasteiger partial charge is 0.0451 e. The number of piperidine rings is 1. The maximum atomic E-state index is 6.29. The van der Waals surface area contributed by atoms with Crippen LogP contribution in [0.2, 0.25) is 5.02 Å². The van der Waals surface area contributed by atoms with E-state index in [4.69, 9.17) is 11.6 Å². The molecule has 0 aromatic heterocycles. The summed E-state index contributed by atoms with van der Waals surface area (Å²) in [5, 5.41) is 0.903. The predicted molar refractivity (Wildman–Crippen MR) is 93.4 cm³/mol. The molecule has 1 aromatic carbocycles. The van der Waals surface area contributed by atoms with E-state index < -0.39 is 0 Å². The van der Waals surface area contributed by atoms with Gasteiger partial charge in [-0.3, -0.25) is 9.80 Å². The average Bonchev–Trinajstić information content (AvgIpc) is 2.75. The number of benzene rings is 1. The molecule has 0 saturated carbocycles. The van der Waals surface area contributed by atoms with Crippen molar-refractivity contribution >= 4 is 11.6 Å². The van der Waals surface area contributed by atoms with Gasteiger partial charge in [0.05, 0.1) is 0 Å². The normalized spacial score (nSPS) is 23.5. The Labute approximate surface area is 139 Å². The molecule has 3 rings (SSSR count). The molecule has 2 saturated heterocycles. The number of halogens is 1. The first-order valence-corrected chi connectivity index (χ1v) is 8.98. The van der Waals surface area contributed by atoms with Gasteiger partial charge in [-0.25, -0.2) is 0 Å². The van der Waals surface area contributed by atoms with Crippen LogP contribution < -0.4 is 0 Å². The Morgan fingerprint density at radius 3 is 2.55 bits per heavy atom. The molecule has 0 spiro atoms. The van der Waals surface area contributed by atoms with Gasteiger partial charge >= 0.3 is 0 Å². The van der Waals surface area contributed by atoms with Gasteiger partial charge in [-0.15, -0.1) is 0 Å². The molecular weight excluding hydrogens is 294 g/mol. The molecule has 2 fully saturated rings. The van der Waals surface area contributed by atoms with Crippen molar-refractivity contribution in [1.82, 2.24) is 14.7 Å². The summed E-state index contributed by atoms with van der Waals surface area (Å²) in [5.74, 6) is 0. The van der Waals surface area contributed by atoms with Crippen LogP contribution in [0.4, 0.5) is 0 Å². The van der Waals surface area contributed by atoms with Crippen molar-refractivity contribution in [2.24, 2.45) is 0 Å². The van der Waals surface area contributed by atoms with Gasteiger partial charge in [0.1, 0.15) is 0 Å². The summed E-state index contributed by atoms with van der Waals surface area (Å²) in [4.78, 5) is 7.75. The van der Waals surface area contributed by atoms with Gasteiger partial charge in [-0.1, -0.05) is 29.8 Å². The van der Waals surface area contributed by atoms with Crippen molar-refractivity contribution in [1.29, 1.82) is 0 Å². The highest BCUT2D eigenvalue weighted by Gasteiger charge is 2.25. The topological polar surface area (TPSA) is 9.72 Å². The second kappa shape index (κ2) is 7.78. The van der Waals surface area contributed by atoms with E-state index in [1.165, 1.54) is 64.1 Å². The fourth-order valence-corrected chi connectivity index (χ4v) is 3.94. The van der Waals surface area contributed by atoms with Gasteiger partial charge in [0.2, 0.25) is 0 Å². The van der Waals surface area contributed by atoms with E-state index in [0.717, 1.165) is 17.6 Å². The van der Waals surface area contributed by atoms with E-state index in [1.54, 1.807) is 0 Å². The molecule has 3 nitrogen and oxygen atoms in total. The van der Waals surface area contributed by atoms with Crippen LogP contribution in [0.15, 0.2) is 24.3 Å². The molecule has 4 heteroatoms. The Bertz CT molecular complexity index is 471. The van der Waals surface area contributed by atoms with Gasteiger partial charge in [-0.2, -0.15) is 0 Å². The molecule has 22 heavy (non-hydrogen) atoms. The molecule has 1 aromatic rings. The molecule has 0 radical (unpaired) electrons. The molecule has 0 atom stereocenters. The maximum absolute atomic E-state index is 6.29. The van der Waals surface area contributed by atoms with Gasteiger partial charge in [0.15, 0.2) is 0 Å². The van der Waals surface area contributed by atoms with Crippen LogP contribution in [0.25, 0.3) is 0 Å². The van der Waals surface area contributed by atoms with Crippen LogP contribution in [0.1, 0.15) is 24.8 Å². The minimum absolute atomic E-state index is 0.786. The Morgan fingerprint density at radius 2 is 1.77 bits per heavy atom. The van der Waals surface area contributed by atoms with E-state index in [0.29, 0.717) is 0 Å². The zero-order chi connectivity index (χ0) is 15.4. The van der Waals surface area contributed by atoms with Crippen LogP contribution in [0.5, 0.6) is 0 Å². The molecular formula is C18H28ClN3. The second-order valence-electron chi connectivity index (χ2n) is 6.79. The lowest BCUT2D eigenvalue weighted by atomic mass is 10.0. The van der Waals surface area contributed by atoms with Crippen molar-refractivity contribution in [3.8, 4) is 0 Å². The zero-order valence-electron chi connectivity index (χ0n) is 13.7. The summed E-state index contributed by atoms with van der Waals surface area (Å²) in [5.41, 5.74) is 1.26. The third-order valence-corrected chi connectivity index (χ3v) is 5.55. The van der Waals surface area contributed by atoms with E-state index in [-0.39, 0.29) is 0 Å². The van der Waals surface area contributed by atoms with E-state index >= 15 is 0 Å². The van der Waals surface area contributed by atoms with E-state index in [1.807, 2.05) is 12.1 Å². The van der Waals surface area contributed by atoms with Gasteiger partial charge in [-0.05, 0) is 64.1 Å². The number of rotatable bonds is 3. The molecule has 0 N–H and O–H groups in total. The van der Waals surface area contributed by atoms with Crippen molar-refractivity contribution < 1.29 is 0 Å². The second-order valence-corrected chi connectivity index (χ2v) is 7.20. The molecule has 2 aliphatic heterocycles. The first kappa shape index (κ1) is 16.3. The van der Waals surface area contributed by atoms with Crippen LogP contribution in [-0.2, 0) is 6.54 Å². The van der Waals surface area contributed by atoms with Crippen molar-refractivity contribution in [3.05, 3.63) is 34.9 Å². The fourth-order valence-electron chi connectivity index (χ4n) is 3.74. The van der Waals surface area contributed by atoms with Crippen molar-refractivity contribution in [2.45, 2.75) is 31.8 Å². The Morgan fingerprint density at radius 1 is 1.00 bits per heavy atom. The quantitative estimate of drug-likeness (QED) is 0.847. The number of likely N-dealkylation sites (N-methyl/N-ethyl adjacent to an activating group) is 1. The molecule has 0 unspecified atom stereocenters. The summed E-state index contributed by atoms with van der Waals surface area (Å²) in [6, 6.07) is 9.03. The van der Waals surface area contributed by atoms with Crippen LogP contribution in [0.3, 0.4) is 0 Å². The minimum atomic E-state index is 0.786. The Kier molecular flexibility index (Phi) is 5.75. The first-order chi connectivity index (χ1) is 10.7. The molecule has 2 heterocycles. The maximum Gasteiger partial charge on any atom is 0.0451 e. The number of likely N-dealkylation sites (tertiary alicyclic amines) is 1. The molecule has 2 aliphatic rings. The highest BCUT2D eigenvalue weighted by atomic mass is 35.5. The standard InChI is InChI=1S/C18H28ClN3/c1-20-9-4-10-22(14-13-20)17-7-11-21(12-8-17)15-16-5-2-3-6-18(16)19/h2-3,5-6,17H,4,7-15H2,1H3. The van der Waals surface area contributed by atoms with Crippen LogP contribution in [0, 0.1) is 0 Å². The molecule has 0 bridgehead atoms. The predicted octanol–water partition coefficient (Wildman–Crippen LogP) is 2.94. The van der Waals surface area contributed by atoms with Crippen molar-refractivity contribution in [3.63, 3.8) is 0 Å². The van der Waals surface area contributed by atoms with Gasteiger partial charge < -0.3 is 4.90 Å². The molecule has 122 valence electrons. The first-order valence-electron chi connectivity index (χ1n) is 8.61. The summed E-state index contributed by atoms with van der Waals surface area (Å²) in [6.07, 6.45) is 3.92. The third-order valence-electron chi connectivity index (χ3n) is 5.18. The third kappa shape index (κ3) is 4.23. The number of nitrogens with zero attached hydrogens (tertiary/aromatic N) is 3. The SMILES string of the molecule is CN1CCCN(C2CCN(Cc3ccccc3Cl)CC2)CC1. The molecule has 0 amide bonds. The van der Waals surface area contributed by atoms with Gasteiger partial charge in [0.25, 0.3) is 0 Å². The Hall–Kier alpha value is -0.610. The number of hydrogen-bond acceptors (Lipinski definition) is 3. The van der Waals surface area contributed by atoms with Gasteiger partial charge in [0, 0.05) is 30.7 Å². The molecule has 0 aliphatic carbocycles. The summed E-state index contributed by atoms with van der Waals surface area (Å²) < 4.78 is 0. The lowest BCUT2D eigenvalue weighted by molar-refractivity contribution is 0.107. The lowest BCUT2D eigenvalue weighted by Crippen LogP contribution is -2.45. The van der Waals surface area contributed by atoms with Crippen molar-refractivity contribution in [2.75, 3.05) is 46.3 Å². The minimum Gasteiger partial charge on any atom is -0.305 e.